The predicted octanol–water partition coefficient (Wildman–Crippen LogP) is 3.77. The molecule has 0 atom stereocenters. The normalized spacial score (nSPS) is 9.71. The molecule has 0 spiro atoms. The van der Waals surface area contributed by atoms with Crippen molar-refractivity contribution in [3.8, 4) is 5.75 Å². The highest BCUT2D eigenvalue weighted by Gasteiger charge is 2.00. The summed E-state index contributed by atoms with van der Waals surface area (Å²) < 4.78 is 5.49. The van der Waals surface area contributed by atoms with E-state index >= 15 is 0 Å². The Hall–Kier alpha value is -1.87. The Morgan fingerprint density at radius 2 is 1.65 bits per heavy atom. The van der Waals surface area contributed by atoms with E-state index in [2.05, 4.69) is 5.32 Å². The zero-order valence-electron chi connectivity index (χ0n) is 9.51. The Morgan fingerprint density at radius 3 is 2.29 bits per heavy atom. The summed E-state index contributed by atoms with van der Waals surface area (Å²) >= 11 is 5.12. The van der Waals surface area contributed by atoms with Gasteiger partial charge >= 0.3 is 0 Å². The molecule has 0 aromatic heterocycles. The standard InChI is InChI=1S/C14H13NOS/c1-11-7-9-13(10-8-11)16-14(17)15-12-5-3-2-4-6-12/h2-10H,1H3,(H,15,17). The van der Waals surface area contributed by atoms with Crippen molar-refractivity contribution in [3.63, 3.8) is 0 Å². The number of anilines is 1. The van der Waals surface area contributed by atoms with Crippen molar-refractivity contribution >= 4 is 23.1 Å². The van der Waals surface area contributed by atoms with E-state index in [1.807, 2.05) is 61.5 Å². The van der Waals surface area contributed by atoms with Gasteiger partial charge in [-0.15, -0.1) is 0 Å². The summed E-state index contributed by atoms with van der Waals surface area (Å²) in [6, 6.07) is 17.5. The highest BCUT2D eigenvalue weighted by molar-refractivity contribution is 7.80. The van der Waals surface area contributed by atoms with Crippen molar-refractivity contribution in [3.05, 3.63) is 60.2 Å². The average molecular weight is 243 g/mol. The maximum absolute atomic E-state index is 5.49. The molecule has 2 aromatic rings. The Kier molecular flexibility index (Phi) is 3.73. The fourth-order valence-electron chi connectivity index (χ4n) is 1.38. The Balaban J connectivity index is 1.96. The van der Waals surface area contributed by atoms with Gasteiger partial charge in [0.1, 0.15) is 5.75 Å². The van der Waals surface area contributed by atoms with Gasteiger partial charge in [-0.1, -0.05) is 35.9 Å². The molecule has 0 aliphatic rings. The van der Waals surface area contributed by atoms with Crippen LogP contribution < -0.4 is 10.1 Å². The number of rotatable bonds is 2. The molecule has 17 heavy (non-hydrogen) atoms. The Labute approximate surface area is 106 Å². The van der Waals surface area contributed by atoms with Crippen LogP contribution >= 0.6 is 12.2 Å². The van der Waals surface area contributed by atoms with E-state index in [9.17, 15) is 0 Å². The van der Waals surface area contributed by atoms with Crippen LogP contribution in [0, 0.1) is 6.92 Å². The van der Waals surface area contributed by atoms with E-state index in [0.717, 1.165) is 11.4 Å². The molecule has 0 amide bonds. The van der Waals surface area contributed by atoms with Crippen molar-refractivity contribution < 1.29 is 4.74 Å². The summed E-state index contributed by atoms with van der Waals surface area (Å²) in [5.74, 6) is 0.740. The fraction of sp³-hybridized carbons (Fsp3) is 0.0714. The van der Waals surface area contributed by atoms with E-state index in [-0.39, 0.29) is 0 Å². The smallest absolute Gasteiger partial charge is 0.266 e. The molecule has 2 aromatic carbocycles. The zero-order valence-corrected chi connectivity index (χ0v) is 10.3. The molecule has 0 aliphatic carbocycles. The summed E-state index contributed by atoms with van der Waals surface area (Å²) in [5, 5.41) is 3.36. The van der Waals surface area contributed by atoms with Gasteiger partial charge in [-0.05, 0) is 43.4 Å². The second kappa shape index (κ2) is 5.46. The number of thiocarbonyl (C=S) groups is 1. The minimum atomic E-state index is 0.347. The largest absolute Gasteiger partial charge is 0.432 e. The molecule has 0 radical (unpaired) electrons. The van der Waals surface area contributed by atoms with Crippen molar-refractivity contribution in [2.75, 3.05) is 5.32 Å². The van der Waals surface area contributed by atoms with Gasteiger partial charge in [0, 0.05) is 5.69 Å². The van der Waals surface area contributed by atoms with Crippen molar-refractivity contribution in [1.82, 2.24) is 0 Å². The molecule has 0 aliphatic heterocycles. The van der Waals surface area contributed by atoms with Crippen LogP contribution in [0.3, 0.4) is 0 Å². The fourth-order valence-corrected chi connectivity index (χ4v) is 1.59. The molecule has 0 fully saturated rings. The van der Waals surface area contributed by atoms with Gasteiger partial charge in [0.25, 0.3) is 5.17 Å². The van der Waals surface area contributed by atoms with Gasteiger partial charge in [0.15, 0.2) is 0 Å². The number of hydrogen-bond donors (Lipinski definition) is 1. The van der Waals surface area contributed by atoms with Crippen LogP contribution in [0.1, 0.15) is 5.56 Å². The van der Waals surface area contributed by atoms with Gasteiger partial charge in [-0.2, -0.15) is 0 Å². The molecular formula is C14H13NOS. The first-order chi connectivity index (χ1) is 8.24. The molecule has 0 unspecified atom stereocenters. The second-order valence-electron chi connectivity index (χ2n) is 3.69. The summed E-state index contributed by atoms with van der Waals surface area (Å²) in [5.41, 5.74) is 2.11. The third-order valence-corrected chi connectivity index (χ3v) is 2.44. The molecule has 0 saturated carbocycles. The van der Waals surface area contributed by atoms with Crippen LogP contribution in [0.4, 0.5) is 5.69 Å². The maximum Gasteiger partial charge on any atom is 0.266 e. The first-order valence-electron chi connectivity index (χ1n) is 5.34. The van der Waals surface area contributed by atoms with Gasteiger partial charge in [0.05, 0.1) is 0 Å². The first kappa shape index (κ1) is 11.6. The number of hydrogen-bond acceptors (Lipinski definition) is 2. The lowest BCUT2D eigenvalue weighted by Crippen LogP contribution is -2.16. The quantitative estimate of drug-likeness (QED) is 0.811. The number of ether oxygens (including phenoxy) is 1. The van der Waals surface area contributed by atoms with Crippen LogP contribution in [-0.2, 0) is 0 Å². The van der Waals surface area contributed by atoms with Gasteiger partial charge in [-0.3, -0.25) is 0 Å². The average Bonchev–Trinajstić information content (AvgIpc) is 2.33. The van der Waals surface area contributed by atoms with Gasteiger partial charge in [-0.25, -0.2) is 0 Å². The van der Waals surface area contributed by atoms with Crippen molar-refractivity contribution in [2.45, 2.75) is 6.92 Å². The lowest BCUT2D eigenvalue weighted by atomic mass is 10.2. The SMILES string of the molecule is Cc1ccc(OC(=S)Nc2ccccc2)cc1. The van der Waals surface area contributed by atoms with Crippen LogP contribution in [0.25, 0.3) is 0 Å². The van der Waals surface area contributed by atoms with E-state index in [1.54, 1.807) is 0 Å². The zero-order chi connectivity index (χ0) is 12.1. The van der Waals surface area contributed by atoms with Gasteiger partial charge in [0.2, 0.25) is 0 Å². The summed E-state index contributed by atoms with van der Waals surface area (Å²) in [4.78, 5) is 0. The number of para-hydroxylation sites is 1. The molecule has 0 saturated heterocycles. The summed E-state index contributed by atoms with van der Waals surface area (Å²) in [6.07, 6.45) is 0. The molecule has 2 nitrogen and oxygen atoms in total. The van der Waals surface area contributed by atoms with Crippen LogP contribution in [0.5, 0.6) is 5.75 Å². The molecule has 1 N–H and O–H groups in total. The van der Waals surface area contributed by atoms with Crippen molar-refractivity contribution in [1.29, 1.82) is 0 Å². The lowest BCUT2D eigenvalue weighted by molar-refractivity contribution is 0.563. The molecular weight excluding hydrogens is 230 g/mol. The second-order valence-corrected chi connectivity index (χ2v) is 4.06. The predicted molar refractivity (Wildman–Crippen MR) is 74.5 cm³/mol. The number of benzene rings is 2. The molecule has 0 bridgehead atoms. The molecule has 2 rings (SSSR count). The number of nitrogens with one attached hydrogen (secondary N) is 1. The minimum Gasteiger partial charge on any atom is -0.432 e. The molecule has 3 heteroatoms. The summed E-state index contributed by atoms with van der Waals surface area (Å²) in [6.45, 7) is 2.03. The van der Waals surface area contributed by atoms with Crippen LogP contribution in [-0.4, -0.2) is 5.17 Å². The highest BCUT2D eigenvalue weighted by Crippen LogP contribution is 2.13. The van der Waals surface area contributed by atoms with E-state index in [1.165, 1.54) is 5.56 Å². The highest BCUT2D eigenvalue weighted by atomic mass is 32.1. The third-order valence-electron chi connectivity index (χ3n) is 2.25. The lowest BCUT2D eigenvalue weighted by Gasteiger charge is -2.09. The maximum atomic E-state index is 5.49. The third kappa shape index (κ3) is 3.57. The van der Waals surface area contributed by atoms with Crippen molar-refractivity contribution in [2.24, 2.45) is 0 Å². The summed E-state index contributed by atoms with van der Waals surface area (Å²) in [7, 11) is 0. The molecule has 0 heterocycles. The Bertz CT molecular complexity index is 493. The van der Waals surface area contributed by atoms with E-state index in [0.29, 0.717) is 5.17 Å². The number of aryl methyl sites for hydroxylation is 1. The first-order valence-corrected chi connectivity index (χ1v) is 5.75. The monoisotopic (exact) mass is 243 g/mol. The Morgan fingerprint density at radius 1 is 1.00 bits per heavy atom. The van der Waals surface area contributed by atoms with E-state index in [4.69, 9.17) is 17.0 Å². The van der Waals surface area contributed by atoms with Crippen LogP contribution in [0.2, 0.25) is 0 Å². The topological polar surface area (TPSA) is 21.3 Å². The van der Waals surface area contributed by atoms with E-state index < -0.39 is 0 Å². The minimum absolute atomic E-state index is 0.347. The van der Waals surface area contributed by atoms with Crippen LogP contribution in [0.15, 0.2) is 54.6 Å². The van der Waals surface area contributed by atoms with Gasteiger partial charge < -0.3 is 10.1 Å². The molecule has 86 valence electrons.